The Hall–Kier alpha value is -1.36. The van der Waals surface area contributed by atoms with Gasteiger partial charge >= 0.3 is 11.9 Å². The largest absolute Gasteiger partial charge is 0.460 e. The van der Waals surface area contributed by atoms with E-state index in [9.17, 15) is 9.59 Å². The second-order valence-corrected chi connectivity index (χ2v) is 6.72. The first-order chi connectivity index (χ1) is 10.3. The van der Waals surface area contributed by atoms with Crippen LogP contribution in [0.5, 0.6) is 0 Å². The maximum absolute atomic E-state index is 11.9. The normalized spacial score (nSPS) is 32.2. The highest BCUT2D eigenvalue weighted by Crippen LogP contribution is 2.37. The van der Waals surface area contributed by atoms with Crippen LogP contribution < -0.4 is 0 Å². The third kappa shape index (κ3) is 3.51. The molecule has 2 bridgehead atoms. The SMILES string of the molecule is C/C=C(\C)C(=O)O[C@H]1C[C@H]2CC(OC(=O)C(C)C)[C@@H](C1)N2C. The van der Waals surface area contributed by atoms with Crippen molar-refractivity contribution in [1.29, 1.82) is 0 Å². The fraction of sp³-hybridized carbons (Fsp3) is 0.765. The van der Waals surface area contributed by atoms with Crippen molar-refractivity contribution < 1.29 is 19.1 Å². The minimum absolute atomic E-state index is 0.0867. The maximum atomic E-state index is 11.9. The number of fused-ring (bicyclic) bond motifs is 2. The van der Waals surface area contributed by atoms with Crippen LogP contribution in [-0.2, 0) is 19.1 Å². The van der Waals surface area contributed by atoms with Gasteiger partial charge < -0.3 is 9.47 Å². The van der Waals surface area contributed by atoms with Crippen LogP contribution in [0.15, 0.2) is 11.6 Å². The number of esters is 2. The van der Waals surface area contributed by atoms with E-state index in [1.807, 2.05) is 20.8 Å². The zero-order chi connectivity index (χ0) is 16.4. The molecule has 124 valence electrons. The number of hydrogen-bond acceptors (Lipinski definition) is 5. The van der Waals surface area contributed by atoms with E-state index in [0.717, 1.165) is 19.3 Å². The predicted molar refractivity (Wildman–Crippen MR) is 83.2 cm³/mol. The summed E-state index contributed by atoms with van der Waals surface area (Å²) in [7, 11) is 2.06. The molecule has 0 saturated carbocycles. The lowest BCUT2D eigenvalue weighted by Crippen LogP contribution is -2.46. The van der Waals surface area contributed by atoms with Crippen molar-refractivity contribution in [3.8, 4) is 0 Å². The maximum Gasteiger partial charge on any atom is 0.333 e. The van der Waals surface area contributed by atoms with Crippen LogP contribution in [0.2, 0.25) is 0 Å². The van der Waals surface area contributed by atoms with Crippen molar-refractivity contribution in [2.75, 3.05) is 7.05 Å². The first-order valence-electron chi connectivity index (χ1n) is 8.09. The molecule has 22 heavy (non-hydrogen) atoms. The third-order valence-corrected chi connectivity index (χ3v) is 4.84. The number of rotatable bonds is 4. The summed E-state index contributed by atoms with van der Waals surface area (Å²) < 4.78 is 11.2. The zero-order valence-electron chi connectivity index (χ0n) is 14.2. The Morgan fingerprint density at radius 3 is 2.45 bits per heavy atom. The van der Waals surface area contributed by atoms with Crippen molar-refractivity contribution in [1.82, 2.24) is 4.90 Å². The highest BCUT2D eigenvalue weighted by molar-refractivity contribution is 5.87. The summed E-state index contributed by atoms with van der Waals surface area (Å²) in [6.07, 6.45) is 3.96. The Kier molecular flexibility index (Phi) is 5.27. The number of hydrogen-bond donors (Lipinski definition) is 0. The average Bonchev–Trinajstić information content (AvgIpc) is 2.65. The van der Waals surface area contributed by atoms with Gasteiger partial charge in [-0.1, -0.05) is 19.9 Å². The molecular formula is C17H27NO4. The first kappa shape index (κ1) is 17.0. The Morgan fingerprint density at radius 2 is 1.86 bits per heavy atom. The van der Waals surface area contributed by atoms with Crippen LogP contribution in [0.1, 0.15) is 47.0 Å². The van der Waals surface area contributed by atoms with E-state index in [1.165, 1.54) is 0 Å². The van der Waals surface area contributed by atoms with Crippen molar-refractivity contribution >= 4 is 11.9 Å². The molecule has 2 aliphatic heterocycles. The molecule has 2 heterocycles. The summed E-state index contributed by atoms with van der Waals surface area (Å²) in [6.45, 7) is 7.28. The van der Waals surface area contributed by atoms with Gasteiger partial charge in [0.15, 0.2) is 0 Å². The van der Waals surface area contributed by atoms with Crippen LogP contribution in [-0.4, -0.2) is 48.2 Å². The quantitative estimate of drug-likeness (QED) is 0.589. The minimum atomic E-state index is -0.243. The average molecular weight is 309 g/mol. The van der Waals surface area contributed by atoms with Crippen LogP contribution in [0, 0.1) is 5.92 Å². The van der Waals surface area contributed by atoms with Gasteiger partial charge in [0.2, 0.25) is 0 Å². The summed E-state index contributed by atoms with van der Waals surface area (Å²) in [5.41, 5.74) is 0.633. The first-order valence-corrected chi connectivity index (χ1v) is 8.09. The molecule has 2 aliphatic rings. The molecule has 0 aromatic heterocycles. The fourth-order valence-corrected chi connectivity index (χ4v) is 3.24. The summed E-state index contributed by atoms with van der Waals surface area (Å²) in [4.78, 5) is 26.0. The van der Waals surface area contributed by atoms with E-state index in [4.69, 9.17) is 9.47 Å². The molecule has 0 spiro atoms. The number of piperidine rings is 1. The van der Waals surface area contributed by atoms with E-state index < -0.39 is 0 Å². The Morgan fingerprint density at radius 1 is 1.18 bits per heavy atom. The van der Waals surface area contributed by atoms with Crippen molar-refractivity contribution in [2.45, 2.75) is 71.2 Å². The Balaban J connectivity index is 1.98. The number of likely N-dealkylation sites (N-methyl/N-ethyl adjacent to an activating group) is 1. The molecule has 4 atom stereocenters. The van der Waals surface area contributed by atoms with Gasteiger partial charge in [-0.25, -0.2) is 4.79 Å². The van der Waals surface area contributed by atoms with Gasteiger partial charge in [-0.15, -0.1) is 0 Å². The number of allylic oxidation sites excluding steroid dienone is 1. The standard InChI is InChI=1S/C17H27NO4/c1-6-11(4)17(20)21-13-7-12-8-15(14(9-13)18(12)5)22-16(19)10(2)3/h6,10,12-15H,7-9H2,1-5H3/b11-6+/t12-,13-,14+,15?/m0/s1. The molecule has 0 N–H and O–H groups in total. The third-order valence-electron chi connectivity index (χ3n) is 4.84. The van der Waals surface area contributed by atoms with Gasteiger partial charge in [0.1, 0.15) is 12.2 Å². The van der Waals surface area contributed by atoms with Crippen molar-refractivity contribution in [2.24, 2.45) is 5.92 Å². The Bertz CT molecular complexity index is 471. The van der Waals surface area contributed by atoms with Gasteiger partial charge in [0.05, 0.1) is 12.0 Å². The molecule has 2 fully saturated rings. The van der Waals surface area contributed by atoms with E-state index >= 15 is 0 Å². The van der Waals surface area contributed by atoms with Crippen molar-refractivity contribution in [3.63, 3.8) is 0 Å². The molecular weight excluding hydrogens is 282 g/mol. The lowest BCUT2D eigenvalue weighted by molar-refractivity contribution is -0.156. The van der Waals surface area contributed by atoms with Gasteiger partial charge in [0.25, 0.3) is 0 Å². The topological polar surface area (TPSA) is 55.8 Å². The highest BCUT2D eigenvalue weighted by atomic mass is 16.6. The summed E-state index contributed by atoms with van der Waals surface area (Å²) in [5, 5.41) is 0. The van der Waals surface area contributed by atoms with Crippen LogP contribution in [0.4, 0.5) is 0 Å². The van der Waals surface area contributed by atoms with E-state index in [1.54, 1.807) is 13.0 Å². The highest BCUT2D eigenvalue weighted by Gasteiger charge is 2.47. The van der Waals surface area contributed by atoms with E-state index in [2.05, 4.69) is 11.9 Å². The smallest absolute Gasteiger partial charge is 0.333 e. The second kappa shape index (κ2) is 6.82. The number of carbonyl (C=O) groups excluding carboxylic acids is 2. The Labute approximate surface area is 132 Å². The molecule has 2 saturated heterocycles. The van der Waals surface area contributed by atoms with Gasteiger partial charge in [-0.2, -0.15) is 0 Å². The number of nitrogens with zero attached hydrogens (tertiary/aromatic N) is 1. The van der Waals surface area contributed by atoms with Gasteiger partial charge in [-0.3, -0.25) is 9.69 Å². The van der Waals surface area contributed by atoms with Crippen molar-refractivity contribution in [3.05, 3.63) is 11.6 Å². The predicted octanol–water partition coefficient (Wildman–Crippen LogP) is 2.30. The monoisotopic (exact) mass is 309 g/mol. The summed E-state index contributed by atoms with van der Waals surface area (Å²) in [6, 6.07) is 0.456. The van der Waals surface area contributed by atoms with Crippen LogP contribution in [0.3, 0.4) is 0 Å². The minimum Gasteiger partial charge on any atom is -0.460 e. The molecule has 5 heteroatoms. The molecule has 2 rings (SSSR count). The second-order valence-electron chi connectivity index (χ2n) is 6.72. The summed E-state index contributed by atoms with van der Waals surface area (Å²) in [5.74, 6) is -0.506. The summed E-state index contributed by atoms with van der Waals surface area (Å²) >= 11 is 0. The van der Waals surface area contributed by atoms with Gasteiger partial charge in [-0.05, 0) is 20.9 Å². The molecule has 0 aliphatic carbocycles. The number of carbonyl (C=O) groups is 2. The van der Waals surface area contributed by atoms with E-state index in [-0.39, 0.29) is 36.1 Å². The molecule has 0 aromatic rings. The van der Waals surface area contributed by atoms with E-state index in [0.29, 0.717) is 11.6 Å². The molecule has 5 nitrogen and oxygen atoms in total. The lowest BCUT2D eigenvalue weighted by Gasteiger charge is -2.36. The molecule has 0 aromatic carbocycles. The number of ether oxygens (including phenoxy) is 2. The van der Waals surface area contributed by atoms with Crippen LogP contribution >= 0.6 is 0 Å². The molecule has 0 radical (unpaired) electrons. The fourth-order valence-electron chi connectivity index (χ4n) is 3.24. The molecule has 1 unspecified atom stereocenters. The van der Waals surface area contributed by atoms with Gasteiger partial charge in [0, 0.05) is 30.9 Å². The molecule has 0 amide bonds. The van der Waals surface area contributed by atoms with Crippen LogP contribution in [0.25, 0.3) is 0 Å². The zero-order valence-corrected chi connectivity index (χ0v) is 14.2. The lowest BCUT2D eigenvalue weighted by atomic mass is 10.00.